The third kappa shape index (κ3) is 5.95. The molecule has 4 N–H and O–H groups in total. The van der Waals surface area contributed by atoms with E-state index in [4.69, 9.17) is 5.10 Å². The lowest BCUT2D eigenvalue weighted by Gasteiger charge is -2.26. The molecule has 3 heterocycles. The lowest BCUT2D eigenvalue weighted by Crippen LogP contribution is -2.44. The Morgan fingerprint density at radius 3 is 2.51 bits per heavy atom. The predicted molar refractivity (Wildman–Crippen MR) is 155 cm³/mol. The molecule has 1 saturated heterocycles. The summed E-state index contributed by atoms with van der Waals surface area (Å²) >= 11 is 0. The quantitative estimate of drug-likeness (QED) is 0.276. The topological polar surface area (TPSA) is 90.0 Å². The molecule has 1 fully saturated rings. The van der Waals surface area contributed by atoms with Gasteiger partial charge in [0.15, 0.2) is 0 Å². The second-order valence-corrected chi connectivity index (χ2v) is 15.9. The van der Waals surface area contributed by atoms with Crippen molar-refractivity contribution in [3.63, 3.8) is 0 Å². The van der Waals surface area contributed by atoms with Crippen molar-refractivity contribution in [3.05, 3.63) is 65.9 Å². The van der Waals surface area contributed by atoms with Gasteiger partial charge in [0.25, 0.3) is 0 Å². The Labute approximate surface area is 219 Å². The third-order valence-electron chi connectivity index (χ3n) is 6.93. The number of hydrogen-bond acceptors (Lipinski definition) is 4. The average molecular weight is 516 g/mol. The molecular weight excluding hydrogens is 478 g/mol. The molecule has 0 radical (unpaired) electrons. The van der Waals surface area contributed by atoms with Gasteiger partial charge in [-0.25, -0.2) is 9.48 Å². The van der Waals surface area contributed by atoms with Gasteiger partial charge in [-0.2, -0.15) is 5.10 Å². The monoisotopic (exact) mass is 515 g/mol. The van der Waals surface area contributed by atoms with E-state index in [1.807, 2.05) is 35.0 Å². The Hall–Kier alpha value is -3.40. The number of aromatic nitrogens is 3. The Morgan fingerprint density at radius 2 is 1.78 bits per heavy atom. The van der Waals surface area contributed by atoms with E-state index in [9.17, 15) is 4.79 Å². The summed E-state index contributed by atoms with van der Waals surface area (Å²) in [5.41, 5.74) is 5.22. The highest BCUT2D eigenvalue weighted by molar-refractivity contribution is 6.88. The number of aryl methyl sites for hydroxylation is 1. The van der Waals surface area contributed by atoms with Gasteiger partial charge in [-0.05, 0) is 55.3 Å². The Balaban J connectivity index is 1.32. The lowest BCUT2D eigenvalue weighted by atomic mass is 10.1. The number of aromatic amines is 1. The second kappa shape index (κ2) is 10.5. The SMILES string of the molecule is Cc1ccc(-n2nc([Si](C)(C)C)cc2NC(=O)Nc2ccc3[nH]cc(CCN4CCNCC4)c3c2)cc1. The van der Waals surface area contributed by atoms with Crippen LogP contribution in [-0.4, -0.2) is 66.5 Å². The summed E-state index contributed by atoms with van der Waals surface area (Å²) in [5.74, 6) is 0.665. The largest absolute Gasteiger partial charge is 0.361 e. The fraction of sp³-hybridized carbons (Fsp3) is 0.357. The van der Waals surface area contributed by atoms with Gasteiger partial charge < -0.3 is 20.5 Å². The maximum absolute atomic E-state index is 13.1. The second-order valence-electron chi connectivity index (χ2n) is 10.9. The Morgan fingerprint density at radius 1 is 1.03 bits per heavy atom. The predicted octanol–water partition coefficient (Wildman–Crippen LogP) is 4.30. The summed E-state index contributed by atoms with van der Waals surface area (Å²) in [4.78, 5) is 19.0. The highest BCUT2D eigenvalue weighted by Crippen LogP contribution is 2.24. The van der Waals surface area contributed by atoms with Crippen LogP contribution in [0.1, 0.15) is 11.1 Å². The number of fused-ring (bicyclic) bond motifs is 1. The lowest BCUT2D eigenvalue weighted by molar-refractivity contribution is 0.244. The van der Waals surface area contributed by atoms with Crippen LogP contribution in [0.5, 0.6) is 0 Å². The van der Waals surface area contributed by atoms with Crippen LogP contribution >= 0.6 is 0 Å². The number of anilines is 2. The summed E-state index contributed by atoms with van der Waals surface area (Å²) in [7, 11) is -1.68. The molecule has 1 aliphatic rings. The number of nitrogens with one attached hydrogen (secondary N) is 4. The van der Waals surface area contributed by atoms with Crippen LogP contribution in [0.4, 0.5) is 16.3 Å². The molecule has 0 atom stereocenters. The number of amides is 2. The van der Waals surface area contributed by atoms with Crippen molar-refractivity contribution in [1.29, 1.82) is 0 Å². The molecule has 9 heteroatoms. The Kier molecular flexibility index (Phi) is 7.19. The number of piperazine rings is 1. The number of H-pyrrole nitrogens is 1. The van der Waals surface area contributed by atoms with E-state index in [0.717, 1.165) is 66.7 Å². The number of urea groups is 1. The minimum absolute atomic E-state index is 0.285. The fourth-order valence-electron chi connectivity index (χ4n) is 4.67. The van der Waals surface area contributed by atoms with Crippen molar-refractivity contribution in [2.45, 2.75) is 33.0 Å². The molecule has 8 nitrogen and oxygen atoms in total. The average Bonchev–Trinajstić information content (AvgIpc) is 3.48. The number of hydrogen-bond donors (Lipinski definition) is 4. The van der Waals surface area contributed by atoms with Gasteiger partial charge in [-0.3, -0.25) is 5.32 Å². The van der Waals surface area contributed by atoms with E-state index in [-0.39, 0.29) is 6.03 Å². The van der Waals surface area contributed by atoms with E-state index in [2.05, 4.69) is 76.8 Å². The zero-order chi connectivity index (χ0) is 26.0. The first-order valence-electron chi connectivity index (χ1n) is 13.0. The Bertz CT molecular complexity index is 1380. The molecule has 2 aromatic heterocycles. The first kappa shape index (κ1) is 25.3. The number of carbonyl (C=O) groups excluding carboxylic acids is 1. The van der Waals surface area contributed by atoms with Crippen molar-refractivity contribution in [1.82, 2.24) is 25.0 Å². The standard InChI is InChI=1S/C28H37N7OSi/c1-20-5-8-23(9-6-20)35-26(18-27(33-35)37(2,3)4)32-28(36)31-22-7-10-25-24(17-22)21(19-30-25)11-14-34-15-12-29-13-16-34/h5-10,17-19,29-30H,11-16H2,1-4H3,(H2,31,32,36). The van der Waals surface area contributed by atoms with Crippen molar-refractivity contribution < 1.29 is 4.79 Å². The zero-order valence-electron chi connectivity index (χ0n) is 22.2. The minimum Gasteiger partial charge on any atom is -0.361 e. The van der Waals surface area contributed by atoms with E-state index < -0.39 is 8.07 Å². The van der Waals surface area contributed by atoms with Crippen LogP contribution in [0, 0.1) is 6.92 Å². The number of carbonyl (C=O) groups is 1. The molecule has 1 aliphatic heterocycles. The van der Waals surface area contributed by atoms with E-state index in [0.29, 0.717) is 5.82 Å². The van der Waals surface area contributed by atoms with Crippen molar-refractivity contribution >= 4 is 41.8 Å². The summed E-state index contributed by atoms with van der Waals surface area (Å²) in [6.07, 6.45) is 3.07. The zero-order valence-corrected chi connectivity index (χ0v) is 23.2. The number of nitrogens with zero attached hydrogens (tertiary/aromatic N) is 3. The molecule has 0 saturated carbocycles. The van der Waals surface area contributed by atoms with Gasteiger partial charge in [0.1, 0.15) is 13.9 Å². The summed E-state index contributed by atoms with van der Waals surface area (Å²) in [6.45, 7) is 14.2. The first-order valence-corrected chi connectivity index (χ1v) is 16.5. The molecule has 2 aromatic carbocycles. The van der Waals surface area contributed by atoms with Crippen LogP contribution < -0.4 is 21.3 Å². The maximum Gasteiger partial charge on any atom is 0.324 e. The summed E-state index contributed by atoms with van der Waals surface area (Å²) in [5, 5.41) is 16.5. The van der Waals surface area contributed by atoms with Crippen LogP contribution in [0.2, 0.25) is 19.6 Å². The molecule has 4 aromatic rings. The molecular formula is C28H37N7OSi. The van der Waals surface area contributed by atoms with Crippen LogP contribution in [0.3, 0.4) is 0 Å². The van der Waals surface area contributed by atoms with Gasteiger partial charge in [-0.1, -0.05) is 37.3 Å². The number of benzene rings is 2. The molecule has 194 valence electrons. The number of rotatable bonds is 7. The van der Waals surface area contributed by atoms with Gasteiger partial charge in [0, 0.05) is 60.8 Å². The van der Waals surface area contributed by atoms with Crippen molar-refractivity contribution in [2.75, 3.05) is 43.4 Å². The minimum atomic E-state index is -1.68. The molecule has 37 heavy (non-hydrogen) atoms. The van der Waals surface area contributed by atoms with E-state index >= 15 is 0 Å². The molecule has 5 rings (SSSR count). The fourth-order valence-corrected chi connectivity index (χ4v) is 5.64. The molecule has 0 bridgehead atoms. The normalized spacial score (nSPS) is 14.7. The summed E-state index contributed by atoms with van der Waals surface area (Å²) in [6, 6.07) is 15.9. The maximum atomic E-state index is 13.1. The van der Waals surface area contributed by atoms with Crippen molar-refractivity contribution in [3.8, 4) is 5.69 Å². The van der Waals surface area contributed by atoms with E-state index in [1.165, 1.54) is 11.1 Å². The molecule has 0 unspecified atom stereocenters. The summed E-state index contributed by atoms with van der Waals surface area (Å²) < 4.78 is 1.83. The highest BCUT2D eigenvalue weighted by Gasteiger charge is 2.23. The van der Waals surface area contributed by atoms with E-state index in [1.54, 1.807) is 0 Å². The van der Waals surface area contributed by atoms with Gasteiger partial charge in [-0.15, -0.1) is 0 Å². The smallest absolute Gasteiger partial charge is 0.324 e. The van der Waals surface area contributed by atoms with Crippen LogP contribution in [0.25, 0.3) is 16.6 Å². The van der Waals surface area contributed by atoms with Crippen LogP contribution in [-0.2, 0) is 6.42 Å². The van der Waals surface area contributed by atoms with Gasteiger partial charge >= 0.3 is 6.03 Å². The van der Waals surface area contributed by atoms with Crippen molar-refractivity contribution in [2.24, 2.45) is 0 Å². The first-order chi connectivity index (χ1) is 17.8. The molecule has 0 aliphatic carbocycles. The van der Waals surface area contributed by atoms with Gasteiger partial charge in [0.2, 0.25) is 0 Å². The highest BCUT2D eigenvalue weighted by atomic mass is 28.3. The molecule has 0 spiro atoms. The molecule has 2 amide bonds. The van der Waals surface area contributed by atoms with Crippen LogP contribution in [0.15, 0.2) is 54.7 Å². The van der Waals surface area contributed by atoms with Gasteiger partial charge in [0.05, 0.1) is 5.69 Å². The third-order valence-corrected chi connectivity index (χ3v) is 8.71.